The zero-order valence-electron chi connectivity index (χ0n) is 10.1. The molecular formula is C13H15BrClNO2. The Labute approximate surface area is 120 Å². The number of benzene rings is 1. The van der Waals surface area contributed by atoms with E-state index in [0.29, 0.717) is 21.6 Å². The zero-order valence-corrected chi connectivity index (χ0v) is 12.5. The fraction of sp³-hybridized carbons (Fsp3) is 0.462. The summed E-state index contributed by atoms with van der Waals surface area (Å²) in [5, 5.41) is 9.90. The number of rotatable bonds is 2. The molecule has 1 aliphatic heterocycles. The molecule has 1 aromatic carbocycles. The Kier molecular flexibility index (Phi) is 3.99. The van der Waals surface area contributed by atoms with Gasteiger partial charge in [-0.1, -0.05) is 17.7 Å². The van der Waals surface area contributed by atoms with E-state index in [9.17, 15) is 9.90 Å². The first kappa shape index (κ1) is 13.8. The second-order valence-electron chi connectivity index (χ2n) is 4.82. The molecule has 1 aliphatic rings. The Hall–Kier alpha value is -0.580. The summed E-state index contributed by atoms with van der Waals surface area (Å²) in [5.41, 5.74) is 0.00976. The van der Waals surface area contributed by atoms with Crippen LogP contribution in [-0.4, -0.2) is 34.6 Å². The lowest BCUT2D eigenvalue weighted by Gasteiger charge is -2.33. The highest BCUT2D eigenvalue weighted by Gasteiger charge is 2.39. The summed E-state index contributed by atoms with van der Waals surface area (Å²) in [6, 6.07) is 5.30. The molecule has 1 aromatic rings. The molecule has 0 bridgehead atoms. The van der Waals surface area contributed by atoms with Crippen molar-refractivity contribution in [3.63, 3.8) is 0 Å². The van der Waals surface area contributed by atoms with Gasteiger partial charge in [0.1, 0.15) is 0 Å². The lowest BCUT2D eigenvalue weighted by Crippen LogP contribution is -2.47. The minimum absolute atomic E-state index is 0.0235. The van der Waals surface area contributed by atoms with E-state index in [-0.39, 0.29) is 12.5 Å². The van der Waals surface area contributed by atoms with Crippen LogP contribution in [0, 0.1) is 0 Å². The summed E-state index contributed by atoms with van der Waals surface area (Å²) in [6.07, 6.45) is 1.73. The third-order valence-electron chi connectivity index (χ3n) is 3.52. The van der Waals surface area contributed by atoms with Crippen molar-refractivity contribution in [1.29, 1.82) is 0 Å². The summed E-state index contributed by atoms with van der Waals surface area (Å²) in [5.74, 6) is -0.115. The third kappa shape index (κ3) is 2.29. The Balaban J connectivity index is 2.34. The van der Waals surface area contributed by atoms with Crippen molar-refractivity contribution in [3.8, 4) is 0 Å². The molecule has 1 saturated heterocycles. The van der Waals surface area contributed by atoms with Gasteiger partial charge in [0.15, 0.2) is 0 Å². The van der Waals surface area contributed by atoms with Gasteiger partial charge >= 0.3 is 0 Å². The Morgan fingerprint density at radius 3 is 3.00 bits per heavy atom. The van der Waals surface area contributed by atoms with Gasteiger partial charge in [0.2, 0.25) is 0 Å². The number of carbonyl (C=O) groups excluding carboxylic acids is 1. The van der Waals surface area contributed by atoms with Crippen molar-refractivity contribution in [1.82, 2.24) is 4.90 Å². The molecule has 0 saturated carbocycles. The van der Waals surface area contributed by atoms with Gasteiger partial charge in [0, 0.05) is 11.0 Å². The number of hydrogen-bond acceptors (Lipinski definition) is 2. The van der Waals surface area contributed by atoms with Crippen molar-refractivity contribution in [2.24, 2.45) is 0 Å². The first-order chi connectivity index (χ1) is 8.49. The summed E-state index contributed by atoms with van der Waals surface area (Å²) in [4.78, 5) is 14.2. The summed E-state index contributed by atoms with van der Waals surface area (Å²) >= 11 is 9.46. The molecule has 1 amide bonds. The van der Waals surface area contributed by atoms with E-state index in [4.69, 9.17) is 11.6 Å². The smallest absolute Gasteiger partial charge is 0.255 e. The van der Waals surface area contributed by atoms with Gasteiger partial charge in [0.05, 0.1) is 22.7 Å². The second-order valence-corrected chi connectivity index (χ2v) is 6.05. The van der Waals surface area contributed by atoms with Crippen LogP contribution in [0.3, 0.4) is 0 Å². The highest BCUT2D eigenvalue weighted by molar-refractivity contribution is 9.10. The third-order valence-corrected chi connectivity index (χ3v) is 4.81. The normalized spacial score (nSPS) is 23.4. The molecule has 1 atom stereocenters. The Morgan fingerprint density at radius 2 is 2.33 bits per heavy atom. The van der Waals surface area contributed by atoms with Crippen LogP contribution in [0.1, 0.15) is 30.1 Å². The van der Waals surface area contributed by atoms with Gasteiger partial charge in [-0.05, 0) is 47.8 Å². The molecule has 1 fully saturated rings. The number of aliphatic hydroxyl groups excluding tert-OH is 1. The van der Waals surface area contributed by atoms with Crippen molar-refractivity contribution < 1.29 is 9.90 Å². The minimum atomic E-state index is -0.470. The van der Waals surface area contributed by atoms with Crippen LogP contribution in [0.2, 0.25) is 5.02 Å². The SMILES string of the molecule is CC1(CO)CCCN1C(=O)c1cccc(Br)c1Cl. The largest absolute Gasteiger partial charge is 0.394 e. The molecule has 18 heavy (non-hydrogen) atoms. The highest BCUT2D eigenvalue weighted by Crippen LogP contribution is 2.33. The Bertz CT molecular complexity index is 480. The maximum absolute atomic E-state index is 12.5. The number of aliphatic hydroxyl groups is 1. The van der Waals surface area contributed by atoms with Crippen molar-refractivity contribution in [3.05, 3.63) is 33.3 Å². The average Bonchev–Trinajstić information content (AvgIpc) is 2.75. The summed E-state index contributed by atoms with van der Waals surface area (Å²) in [7, 11) is 0. The molecule has 3 nitrogen and oxygen atoms in total. The number of amides is 1. The van der Waals surface area contributed by atoms with Crippen LogP contribution >= 0.6 is 27.5 Å². The van der Waals surface area contributed by atoms with Gasteiger partial charge in [-0.3, -0.25) is 4.79 Å². The molecule has 1 unspecified atom stereocenters. The molecule has 0 aromatic heterocycles. The lowest BCUT2D eigenvalue weighted by molar-refractivity contribution is 0.0473. The number of carbonyl (C=O) groups is 1. The minimum Gasteiger partial charge on any atom is -0.394 e. The van der Waals surface area contributed by atoms with E-state index >= 15 is 0 Å². The molecular weight excluding hydrogens is 318 g/mol. The molecule has 1 heterocycles. The van der Waals surface area contributed by atoms with Gasteiger partial charge in [-0.2, -0.15) is 0 Å². The molecule has 0 spiro atoms. The molecule has 0 aliphatic carbocycles. The standard InChI is InChI=1S/C13H15BrClNO2/c1-13(8-17)6-3-7-16(13)12(18)9-4-2-5-10(14)11(9)15/h2,4-5,17H,3,6-8H2,1H3. The van der Waals surface area contributed by atoms with E-state index in [0.717, 1.165) is 12.8 Å². The number of halogens is 2. The second kappa shape index (κ2) is 5.19. The fourth-order valence-corrected chi connectivity index (χ4v) is 2.92. The molecule has 1 N–H and O–H groups in total. The molecule has 5 heteroatoms. The van der Waals surface area contributed by atoms with Gasteiger partial charge in [0.25, 0.3) is 5.91 Å². The van der Waals surface area contributed by atoms with Crippen molar-refractivity contribution in [2.45, 2.75) is 25.3 Å². The van der Waals surface area contributed by atoms with E-state index in [1.165, 1.54) is 0 Å². The number of nitrogens with zero attached hydrogens (tertiary/aromatic N) is 1. The summed E-state index contributed by atoms with van der Waals surface area (Å²) in [6.45, 7) is 2.55. The average molecular weight is 333 g/mol. The quantitative estimate of drug-likeness (QED) is 0.904. The van der Waals surface area contributed by atoms with Crippen molar-refractivity contribution in [2.75, 3.05) is 13.2 Å². The number of hydrogen-bond donors (Lipinski definition) is 1. The highest BCUT2D eigenvalue weighted by atomic mass is 79.9. The van der Waals surface area contributed by atoms with E-state index in [1.807, 2.05) is 6.92 Å². The Morgan fingerprint density at radius 1 is 1.61 bits per heavy atom. The topological polar surface area (TPSA) is 40.5 Å². The predicted molar refractivity (Wildman–Crippen MR) is 74.9 cm³/mol. The van der Waals surface area contributed by atoms with E-state index in [1.54, 1.807) is 23.1 Å². The van der Waals surface area contributed by atoms with Gasteiger partial charge in [-0.25, -0.2) is 0 Å². The van der Waals surface area contributed by atoms with Gasteiger partial charge < -0.3 is 10.0 Å². The van der Waals surface area contributed by atoms with E-state index < -0.39 is 5.54 Å². The van der Waals surface area contributed by atoms with Crippen LogP contribution < -0.4 is 0 Å². The van der Waals surface area contributed by atoms with Crippen LogP contribution in [-0.2, 0) is 0 Å². The maximum atomic E-state index is 12.5. The molecule has 98 valence electrons. The molecule has 0 radical (unpaired) electrons. The first-order valence-electron chi connectivity index (χ1n) is 5.86. The van der Waals surface area contributed by atoms with Crippen LogP contribution in [0.15, 0.2) is 22.7 Å². The predicted octanol–water partition coefficient (Wildman–Crippen LogP) is 3.09. The first-order valence-corrected chi connectivity index (χ1v) is 7.03. The molecule has 2 rings (SSSR count). The van der Waals surface area contributed by atoms with Gasteiger partial charge in [-0.15, -0.1) is 0 Å². The summed E-state index contributed by atoms with van der Waals surface area (Å²) < 4.78 is 0.708. The van der Waals surface area contributed by atoms with Crippen LogP contribution in [0.5, 0.6) is 0 Å². The van der Waals surface area contributed by atoms with Crippen molar-refractivity contribution >= 4 is 33.4 Å². The number of likely N-dealkylation sites (tertiary alicyclic amines) is 1. The van der Waals surface area contributed by atoms with Crippen LogP contribution in [0.25, 0.3) is 0 Å². The fourth-order valence-electron chi connectivity index (χ4n) is 2.35. The monoisotopic (exact) mass is 331 g/mol. The maximum Gasteiger partial charge on any atom is 0.255 e. The lowest BCUT2D eigenvalue weighted by atomic mass is 9.99. The van der Waals surface area contributed by atoms with E-state index in [2.05, 4.69) is 15.9 Å². The zero-order chi connectivity index (χ0) is 13.3. The van der Waals surface area contributed by atoms with Crippen LogP contribution in [0.4, 0.5) is 0 Å².